The highest BCUT2D eigenvalue weighted by Crippen LogP contribution is 2.25. The van der Waals surface area contributed by atoms with Crippen LogP contribution >= 0.6 is 0 Å². The van der Waals surface area contributed by atoms with Gasteiger partial charge in [0.2, 0.25) is 0 Å². The van der Waals surface area contributed by atoms with Crippen molar-refractivity contribution in [3.63, 3.8) is 0 Å². The lowest BCUT2D eigenvalue weighted by molar-refractivity contribution is -0.0656. The fourth-order valence-electron chi connectivity index (χ4n) is 3.74. The summed E-state index contributed by atoms with van der Waals surface area (Å²) < 4.78 is 6.18. The minimum Gasteiger partial charge on any atom is -0.374 e. The van der Waals surface area contributed by atoms with E-state index in [9.17, 15) is 0 Å². The lowest BCUT2D eigenvalue weighted by Gasteiger charge is -2.39. The van der Waals surface area contributed by atoms with E-state index in [-0.39, 0.29) is 0 Å². The molecule has 0 saturated carbocycles. The van der Waals surface area contributed by atoms with Crippen molar-refractivity contribution in [2.24, 2.45) is 0 Å². The van der Waals surface area contributed by atoms with E-state index in [1.54, 1.807) is 0 Å². The van der Waals surface area contributed by atoms with E-state index in [4.69, 9.17) is 4.74 Å². The Morgan fingerprint density at radius 3 is 2.85 bits per heavy atom. The van der Waals surface area contributed by atoms with Gasteiger partial charge in [0.15, 0.2) is 0 Å². The fraction of sp³-hybridized carbons (Fsp3) is 1.00. The summed E-state index contributed by atoms with van der Waals surface area (Å²) in [6.07, 6.45) is 11.3. The number of ether oxygens (including phenoxy) is 1. The van der Waals surface area contributed by atoms with Gasteiger partial charge in [0, 0.05) is 18.6 Å². The van der Waals surface area contributed by atoms with Gasteiger partial charge in [-0.15, -0.1) is 0 Å². The smallest absolute Gasteiger partial charge is 0.0855 e. The minimum atomic E-state index is 0.412. The fourth-order valence-corrected chi connectivity index (χ4v) is 3.74. The highest BCUT2D eigenvalue weighted by molar-refractivity contribution is 4.90. The molecule has 2 aliphatic heterocycles. The Labute approximate surface area is 125 Å². The van der Waals surface area contributed by atoms with Gasteiger partial charge in [-0.3, -0.25) is 4.90 Å². The summed E-state index contributed by atoms with van der Waals surface area (Å²) in [5.41, 5.74) is 0. The molecular weight excluding hydrogens is 248 g/mol. The van der Waals surface area contributed by atoms with Gasteiger partial charge in [-0.2, -0.15) is 0 Å². The molecule has 0 aromatic carbocycles. The quantitative estimate of drug-likeness (QED) is 0.657. The summed E-state index contributed by atoms with van der Waals surface area (Å²) in [4.78, 5) is 2.66. The first-order valence-electron chi connectivity index (χ1n) is 8.94. The second kappa shape index (κ2) is 9.01. The normalized spacial score (nSPS) is 28.5. The molecule has 3 atom stereocenters. The third-order valence-corrected chi connectivity index (χ3v) is 4.95. The predicted octanol–water partition coefficient (Wildman–Crippen LogP) is 3.19. The SMILES string of the molecule is CCCCCCCC(NCC)C1CN2CCCC2CO1. The third-order valence-electron chi connectivity index (χ3n) is 4.95. The molecular formula is C17H34N2O. The maximum atomic E-state index is 6.18. The van der Waals surface area contributed by atoms with Crippen molar-refractivity contribution in [3.8, 4) is 0 Å². The summed E-state index contributed by atoms with van der Waals surface area (Å²) in [5, 5.41) is 3.67. The molecule has 2 fully saturated rings. The average molecular weight is 282 g/mol. The number of nitrogens with zero attached hydrogens (tertiary/aromatic N) is 1. The zero-order chi connectivity index (χ0) is 14.2. The molecule has 1 N–H and O–H groups in total. The molecule has 3 heteroatoms. The summed E-state index contributed by atoms with van der Waals surface area (Å²) in [7, 11) is 0. The lowest BCUT2D eigenvalue weighted by Crippen LogP contribution is -2.54. The van der Waals surface area contributed by atoms with Crippen LogP contribution in [0.2, 0.25) is 0 Å². The Kier molecular flexibility index (Phi) is 7.32. The van der Waals surface area contributed by atoms with Crippen LogP contribution in [-0.2, 0) is 4.74 Å². The highest BCUT2D eigenvalue weighted by atomic mass is 16.5. The number of hydrogen-bond donors (Lipinski definition) is 1. The summed E-state index contributed by atoms with van der Waals surface area (Å²) in [5.74, 6) is 0. The average Bonchev–Trinajstić information content (AvgIpc) is 2.93. The van der Waals surface area contributed by atoms with Crippen LogP contribution in [0.4, 0.5) is 0 Å². The molecule has 0 spiro atoms. The molecule has 3 unspecified atom stereocenters. The highest BCUT2D eigenvalue weighted by Gasteiger charge is 2.35. The molecule has 20 heavy (non-hydrogen) atoms. The standard InChI is InChI=1S/C17H34N2O/c1-3-5-6-7-8-11-16(18-4-2)17-13-19-12-9-10-15(19)14-20-17/h15-18H,3-14H2,1-2H3. The van der Waals surface area contributed by atoms with Gasteiger partial charge >= 0.3 is 0 Å². The summed E-state index contributed by atoms with van der Waals surface area (Å²) in [6.45, 7) is 8.96. The molecule has 0 amide bonds. The van der Waals surface area contributed by atoms with E-state index in [0.29, 0.717) is 12.1 Å². The van der Waals surface area contributed by atoms with E-state index in [2.05, 4.69) is 24.1 Å². The summed E-state index contributed by atoms with van der Waals surface area (Å²) >= 11 is 0. The van der Waals surface area contributed by atoms with Gasteiger partial charge in [-0.05, 0) is 32.4 Å². The second-order valence-electron chi connectivity index (χ2n) is 6.53. The topological polar surface area (TPSA) is 24.5 Å². The van der Waals surface area contributed by atoms with Crippen molar-refractivity contribution in [1.29, 1.82) is 0 Å². The maximum absolute atomic E-state index is 6.18. The van der Waals surface area contributed by atoms with Crippen molar-refractivity contribution < 1.29 is 4.74 Å². The van der Waals surface area contributed by atoms with Crippen LogP contribution in [0.5, 0.6) is 0 Å². The van der Waals surface area contributed by atoms with Gasteiger partial charge in [-0.1, -0.05) is 46.0 Å². The number of unbranched alkanes of at least 4 members (excludes halogenated alkanes) is 4. The Bertz CT molecular complexity index is 259. The van der Waals surface area contributed by atoms with Crippen LogP contribution in [0.1, 0.15) is 65.2 Å². The minimum absolute atomic E-state index is 0.412. The van der Waals surface area contributed by atoms with Crippen molar-refractivity contribution >= 4 is 0 Å². The first kappa shape index (κ1) is 16.3. The molecule has 2 heterocycles. The van der Waals surface area contributed by atoms with Crippen LogP contribution in [0, 0.1) is 0 Å². The number of rotatable bonds is 9. The number of morpholine rings is 1. The molecule has 118 valence electrons. The summed E-state index contributed by atoms with van der Waals surface area (Å²) in [6, 6.07) is 1.28. The van der Waals surface area contributed by atoms with Crippen molar-refractivity contribution in [2.75, 3.05) is 26.2 Å². The van der Waals surface area contributed by atoms with Crippen LogP contribution in [-0.4, -0.2) is 49.3 Å². The molecule has 0 aromatic heterocycles. The zero-order valence-electron chi connectivity index (χ0n) is 13.6. The van der Waals surface area contributed by atoms with Crippen molar-refractivity contribution in [2.45, 2.75) is 83.4 Å². The molecule has 2 aliphatic rings. The number of nitrogens with one attached hydrogen (secondary N) is 1. The molecule has 2 rings (SSSR count). The van der Waals surface area contributed by atoms with E-state index < -0.39 is 0 Å². The molecule has 0 bridgehead atoms. The first-order valence-corrected chi connectivity index (χ1v) is 8.94. The van der Waals surface area contributed by atoms with E-state index in [1.165, 1.54) is 57.9 Å². The van der Waals surface area contributed by atoms with E-state index in [0.717, 1.165) is 25.7 Å². The number of likely N-dealkylation sites (N-methyl/N-ethyl adjacent to an activating group) is 1. The monoisotopic (exact) mass is 282 g/mol. The van der Waals surface area contributed by atoms with Crippen molar-refractivity contribution in [1.82, 2.24) is 10.2 Å². The molecule has 0 aromatic rings. The number of fused-ring (bicyclic) bond motifs is 1. The first-order chi connectivity index (χ1) is 9.85. The van der Waals surface area contributed by atoms with Gasteiger partial charge in [0.25, 0.3) is 0 Å². The Hall–Kier alpha value is -0.120. The van der Waals surface area contributed by atoms with Gasteiger partial charge in [-0.25, -0.2) is 0 Å². The second-order valence-corrected chi connectivity index (χ2v) is 6.53. The molecule has 0 radical (unpaired) electrons. The lowest BCUT2D eigenvalue weighted by atomic mass is 10.00. The Morgan fingerprint density at radius 2 is 2.05 bits per heavy atom. The van der Waals surface area contributed by atoms with Gasteiger partial charge in [0.05, 0.1) is 12.7 Å². The van der Waals surface area contributed by atoms with Gasteiger partial charge in [0.1, 0.15) is 0 Å². The molecule has 0 aliphatic carbocycles. The van der Waals surface area contributed by atoms with Crippen LogP contribution < -0.4 is 5.32 Å². The predicted molar refractivity (Wildman–Crippen MR) is 85.2 cm³/mol. The number of hydrogen-bond acceptors (Lipinski definition) is 3. The maximum Gasteiger partial charge on any atom is 0.0855 e. The van der Waals surface area contributed by atoms with E-state index in [1.807, 2.05) is 0 Å². The third kappa shape index (κ3) is 4.71. The van der Waals surface area contributed by atoms with Crippen LogP contribution in [0.3, 0.4) is 0 Å². The van der Waals surface area contributed by atoms with Crippen LogP contribution in [0.15, 0.2) is 0 Å². The molecule has 3 nitrogen and oxygen atoms in total. The van der Waals surface area contributed by atoms with Crippen molar-refractivity contribution in [3.05, 3.63) is 0 Å². The largest absolute Gasteiger partial charge is 0.374 e. The Morgan fingerprint density at radius 1 is 1.20 bits per heavy atom. The Balaban J connectivity index is 1.72. The van der Waals surface area contributed by atoms with Gasteiger partial charge < -0.3 is 10.1 Å². The molecule has 2 saturated heterocycles. The van der Waals surface area contributed by atoms with E-state index >= 15 is 0 Å². The zero-order valence-corrected chi connectivity index (χ0v) is 13.6. The van der Waals surface area contributed by atoms with Crippen LogP contribution in [0.25, 0.3) is 0 Å².